The van der Waals surface area contributed by atoms with Gasteiger partial charge < -0.3 is 15.0 Å². The standard InChI is InChI=1S/C20H32BNO2/c1-8-15-10-14(3)11-16(9-2)18(15)12-17(13-22)21-23-19(4,5)20(6,7)24-21/h10-12H,8-9,13,22H2,1-7H3. The predicted octanol–water partition coefficient (Wildman–Crippen LogP) is 4.09. The highest BCUT2D eigenvalue weighted by molar-refractivity contribution is 6.55. The molecule has 0 aliphatic carbocycles. The number of hydrogen-bond acceptors (Lipinski definition) is 3. The summed E-state index contributed by atoms with van der Waals surface area (Å²) in [6.07, 6.45) is 4.20. The molecule has 1 aromatic rings. The van der Waals surface area contributed by atoms with Crippen molar-refractivity contribution in [2.24, 2.45) is 5.73 Å². The molecule has 1 aliphatic heterocycles. The van der Waals surface area contributed by atoms with Crippen molar-refractivity contribution in [3.63, 3.8) is 0 Å². The molecule has 0 amide bonds. The average molecular weight is 329 g/mol. The van der Waals surface area contributed by atoms with Gasteiger partial charge in [-0.1, -0.05) is 37.6 Å². The lowest BCUT2D eigenvalue weighted by Gasteiger charge is -2.32. The van der Waals surface area contributed by atoms with E-state index in [0.29, 0.717) is 6.54 Å². The van der Waals surface area contributed by atoms with Gasteiger partial charge in [0, 0.05) is 6.54 Å². The molecule has 0 bridgehead atoms. The Morgan fingerprint density at radius 3 is 1.88 bits per heavy atom. The zero-order valence-corrected chi connectivity index (χ0v) is 16.3. The van der Waals surface area contributed by atoms with E-state index in [1.807, 2.05) is 0 Å². The van der Waals surface area contributed by atoms with Crippen LogP contribution in [0, 0.1) is 6.92 Å². The number of rotatable bonds is 5. The Labute approximate surface area is 147 Å². The van der Waals surface area contributed by atoms with Gasteiger partial charge in [-0.25, -0.2) is 0 Å². The van der Waals surface area contributed by atoms with Crippen molar-refractivity contribution < 1.29 is 9.31 Å². The van der Waals surface area contributed by atoms with Gasteiger partial charge in [-0.05, 0) is 69.6 Å². The van der Waals surface area contributed by atoms with Gasteiger partial charge in [0.15, 0.2) is 0 Å². The molecule has 2 rings (SSSR count). The summed E-state index contributed by atoms with van der Waals surface area (Å²) < 4.78 is 12.4. The molecule has 1 fully saturated rings. The molecule has 0 atom stereocenters. The summed E-state index contributed by atoms with van der Waals surface area (Å²) in [5, 5.41) is 0. The van der Waals surface area contributed by atoms with E-state index in [4.69, 9.17) is 15.0 Å². The predicted molar refractivity (Wildman–Crippen MR) is 103 cm³/mol. The zero-order valence-electron chi connectivity index (χ0n) is 16.3. The maximum Gasteiger partial charge on any atom is 0.491 e. The second-order valence-corrected chi connectivity index (χ2v) is 7.72. The molecule has 132 valence electrons. The molecule has 0 aromatic heterocycles. The van der Waals surface area contributed by atoms with Gasteiger partial charge in [0.05, 0.1) is 11.2 Å². The fourth-order valence-corrected chi connectivity index (χ4v) is 3.13. The van der Waals surface area contributed by atoms with Crippen LogP contribution in [-0.2, 0) is 22.2 Å². The molecule has 1 saturated heterocycles. The third kappa shape index (κ3) is 3.61. The Morgan fingerprint density at radius 2 is 1.50 bits per heavy atom. The first kappa shape index (κ1) is 19.2. The lowest BCUT2D eigenvalue weighted by atomic mass is 9.76. The first-order chi connectivity index (χ1) is 11.1. The van der Waals surface area contributed by atoms with Crippen molar-refractivity contribution in [3.05, 3.63) is 39.9 Å². The molecule has 1 aliphatic rings. The number of hydrogen-bond donors (Lipinski definition) is 1. The Bertz CT molecular complexity index is 594. The minimum absolute atomic E-state index is 0.347. The van der Waals surface area contributed by atoms with E-state index in [1.165, 1.54) is 22.3 Å². The van der Waals surface area contributed by atoms with E-state index in [9.17, 15) is 0 Å². The lowest BCUT2D eigenvalue weighted by Crippen LogP contribution is -2.41. The van der Waals surface area contributed by atoms with Crippen LogP contribution in [0.15, 0.2) is 17.6 Å². The summed E-state index contributed by atoms with van der Waals surface area (Å²) in [6, 6.07) is 4.53. The average Bonchev–Trinajstić information content (AvgIpc) is 2.72. The lowest BCUT2D eigenvalue weighted by molar-refractivity contribution is 0.00578. The molecule has 0 saturated carbocycles. The van der Waals surface area contributed by atoms with Crippen LogP contribution in [0.3, 0.4) is 0 Å². The van der Waals surface area contributed by atoms with Crippen molar-refractivity contribution >= 4 is 13.2 Å². The Balaban J connectivity index is 2.46. The van der Waals surface area contributed by atoms with Crippen molar-refractivity contribution in [2.45, 2.75) is 72.5 Å². The van der Waals surface area contributed by atoms with Crippen molar-refractivity contribution in [1.29, 1.82) is 0 Å². The summed E-state index contributed by atoms with van der Waals surface area (Å²) in [5.41, 5.74) is 11.7. The third-order valence-electron chi connectivity index (χ3n) is 5.38. The van der Waals surface area contributed by atoms with Crippen molar-refractivity contribution in [2.75, 3.05) is 6.54 Å². The molecule has 1 aromatic carbocycles. The smallest absolute Gasteiger partial charge is 0.400 e. The monoisotopic (exact) mass is 329 g/mol. The fourth-order valence-electron chi connectivity index (χ4n) is 3.13. The molecule has 24 heavy (non-hydrogen) atoms. The molecule has 3 nitrogen and oxygen atoms in total. The molecule has 1 heterocycles. The SMILES string of the molecule is CCc1cc(C)cc(CC)c1C=C(CN)B1OC(C)(C)C(C)(C)O1. The Hall–Kier alpha value is -1.10. The van der Waals surface area contributed by atoms with Crippen LogP contribution in [0.25, 0.3) is 6.08 Å². The number of benzene rings is 1. The largest absolute Gasteiger partial charge is 0.491 e. The van der Waals surface area contributed by atoms with Gasteiger partial charge in [-0.15, -0.1) is 0 Å². The van der Waals surface area contributed by atoms with E-state index in [0.717, 1.165) is 18.3 Å². The van der Waals surface area contributed by atoms with Gasteiger partial charge in [-0.2, -0.15) is 0 Å². The van der Waals surface area contributed by atoms with E-state index in [2.05, 4.69) is 66.7 Å². The topological polar surface area (TPSA) is 44.5 Å². The first-order valence-electron chi connectivity index (χ1n) is 9.03. The van der Waals surface area contributed by atoms with Gasteiger partial charge in [-0.3, -0.25) is 0 Å². The van der Waals surface area contributed by atoms with Crippen molar-refractivity contribution in [1.82, 2.24) is 0 Å². The molecule has 0 radical (unpaired) electrons. The van der Waals surface area contributed by atoms with Crippen LogP contribution >= 0.6 is 0 Å². The molecule has 4 heteroatoms. The van der Waals surface area contributed by atoms with Gasteiger partial charge in [0.1, 0.15) is 0 Å². The maximum absolute atomic E-state index is 6.19. The molecular formula is C20H32BNO2. The highest BCUT2D eigenvalue weighted by Gasteiger charge is 2.52. The zero-order chi connectivity index (χ0) is 18.1. The molecule has 2 N–H and O–H groups in total. The molecule has 0 unspecified atom stereocenters. The van der Waals surface area contributed by atoms with Gasteiger partial charge in [0.2, 0.25) is 0 Å². The summed E-state index contributed by atoms with van der Waals surface area (Å²) in [4.78, 5) is 0. The summed E-state index contributed by atoms with van der Waals surface area (Å²) >= 11 is 0. The molecule has 0 spiro atoms. The van der Waals surface area contributed by atoms with E-state index in [-0.39, 0.29) is 18.3 Å². The highest BCUT2D eigenvalue weighted by atomic mass is 16.7. The second kappa shape index (κ2) is 7.03. The summed E-state index contributed by atoms with van der Waals surface area (Å²) in [5.74, 6) is 0. The Kier molecular flexibility index (Phi) is 5.63. The molecular weight excluding hydrogens is 297 g/mol. The normalized spacial score (nSPS) is 19.8. The Morgan fingerprint density at radius 1 is 1.04 bits per heavy atom. The van der Waals surface area contributed by atoms with Crippen LogP contribution < -0.4 is 5.73 Å². The fraction of sp³-hybridized carbons (Fsp3) is 0.600. The van der Waals surface area contributed by atoms with E-state index >= 15 is 0 Å². The first-order valence-corrected chi connectivity index (χ1v) is 9.03. The van der Waals surface area contributed by atoms with Gasteiger partial charge >= 0.3 is 7.12 Å². The van der Waals surface area contributed by atoms with E-state index in [1.54, 1.807) is 0 Å². The second-order valence-electron chi connectivity index (χ2n) is 7.72. The number of aryl methyl sites for hydroxylation is 3. The minimum Gasteiger partial charge on any atom is -0.400 e. The van der Waals surface area contributed by atoms with Gasteiger partial charge in [0.25, 0.3) is 0 Å². The minimum atomic E-state index is -0.379. The van der Waals surface area contributed by atoms with Crippen LogP contribution in [0.2, 0.25) is 0 Å². The van der Waals surface area contributed by atoms with Crippen molar-refractivity contribution in [3.8, 4) is 0 Å². The third-order valence-corrected chi connectivity index (χ3v) is 5.38. The number of nitrogens with two attached hydrogens (primary N) is 1. The van der Waals surface area contributed by atoms with Crippen LogP contribution in [0.1, 0.15) is 63.8 Å². The summed E-state index contributed by atoms with van der Waals surface area (Å²) in [6.45, 7) is 15.3. The van der Waals surface area contributed by atoms with Crippen LogP contribution in [-0.4, -0.2) is 24.9 Å². The summed E-state index contributed by atoms with van der Waals surface area (Å²) in [7, 11) is -0.379. The highest BCUT2D eigenvalue weighted by Crippen LogP contribution is 2.39. The van der Waals surface area contributed by atoms with Crippen LogP contribution in [0.5, 0.6) is 0 Å². The van der Waals surface area contributed by atoms with E-state index < -0.39 is 0 Å². The maximum atomic E-state index is 6.19. The van der Waals surface area contributed by atoms with Crippen LogP contribution in [0.4, 0.5) is 0 Å². The quantitative estimate of drug-likeness (QED) is 0.828.